The molecule has 0 aliphatic carbocycles. The molecule has 1 fully saturated rings. The van der Waals surface area contributed by atoms with Gasteiger partial charge in [-0.05, 0) is 12.8 Å². The lowest BCUT2D eigenvalue weighted by Gasteiger charge is -2.20. The second kappa shape index (κ2) is 4.41. The summed E-state index contributed by atoms with van der Waals surface area (Å²) in [6, 6.07) is 0. The van der Waals surface area contributed by atoms with E-state index in [4.69, 9.17) is 9.47 Å². The first-order valence-electron chi connectivity index (χ1n) is 3.56. The Morgan fingerprint density at radius 2 is 2.20 bits per heavy atom. The second-order valence-corrected chi connectivity index (χ2v) is 2.31. The van der Waals surface area contributed by atoms with Gasteiger partial charge in [-0.3, -0.25) is 0 Å². The Morgan fingerprint density at radius 3 is 2.80 bits per heavy atom. The highest BCUT2D eigenvalue weighted by Crippen LogP contribution is 2.09. The lowest BCUT2D eigenvalue weighted by atomic mass is 10.2. The molecule has 3 nitrogen and oxygen atoms in total. The van der Waals surface area contributed by atoms with Gasteiger partial charge in [0.1, 0.15) is 12.9 Å². The van der Waals surface area contributed by atoms with Gasteiger partial charge in [-0.1, -0.05) is 0 Å². The fourth-order valence-corrected chi connectivity index (χ4v) is 1.02. The van der Waals surface area contributed by atoms with E-state index < -0.39 is 0 Å². The third-order valence-corrected chi connectivity index (χ3v) is 1.57. The van der Waals surface area contributed by atoms with E-state index in [9.17, 15) is 4.79 Å². The highest BCUT2D eigenvalue weighted by atomic mass is 16.5. The van der Waals surface area contributed by atoms with Gasteiger partial charge in [0.25, 0.3) is 0 Å². The maximum atomic E-state index is 9.89. The quantitative estimate of drug-likeness (QED) is 0.537. The molecule has 1 heterocycles. The molecule has 0 aromatic heterocycles. The van der Waals surface area contributed by atoms with E-state index >= 15 is 0 Å². The highest BCUT2D eigenvalue weighted by Gasteiger charge is 2.12. The molecule has 0 atom stereocenters. The van der Waals surface area contributed by atoms with E-state index in [-0.39, 0.29) is 12.7 Å². The number of carbonyl (C=O) groups is 1. The lowest BCUT2D eigenvalue weighted by Crippen LogP contribution is -2.23. The molecule has 0 aromatic rings. The maximum absolute atomic E-state index is 9.89. The first-order valence-corrected chi connectivity index (χ1v) is 3.56. The number of ether oxygens (including phenoxy) is 2. The van der Waals surface area contributed by atoms with Crippen LogP contribution in [0.1, 0.15) is 12.8 Å². The van der Waals surface area contributed by atoms with Gasteiger partial charge >= 0.3 is 0 Å². The van der Waals surface area contributed by atoms with Crippen LogP contribution in [-0.4, -0.2) is 32.2 Å². The van der Waals surface area contributed by atoms with Crippen LogP contribution < -0.4 is 0 Å². The molecule has 1 aliphatic rings. The van der Waals surface area contributed by atoms with Crippen molar-refractivity contribution in [3.8, 4) is 0 Å². The standard InChI is InChI=1S/C7H12O3/c8-3-6-10-7-1-4-9-5-2-7/h3,7H,1-2,4-6H2. The number of carbonyl (C=O) groups excluding carboxylic acids is 1. The van der Waals surface area contributed by atoms with Crippen LogP contribution in [0.4, 0.5) is 0 Å². The predicted octanol–water partition coefficient (Wildman–Crippen LogP) is 0.381. The van der Waals surface area contributed by atoms with E-state index in [1.54, 1.807) is 0 Å². The average molecular weight is 144 g/mol. The van der Waals surface area contributed by atoms with Crippen LogP contribution in [0.25, 0.3) is 0 Å². The van der Waals surface area contributed by atoms with Crippen molar-refractivity contribution in [2.24, 2.45) is 0 Å². The molecular formula is C7H12O3. The second-order valence-electron chi connectivity index (χ2n) is 2.31. The van der Waals surface area contributed by atoms with Crippen molar-refractivity contribution in [3.63, 3.8) is 0 Å². The molecule has 1 aliphatic heterocycles. The van der Waals surface area contributed by atoms with E-state index in [1.807, 2.05) is 0 Å². The van der Waals surface area contributed by atoms with Crippen LogP contribution >= 0.6 is 0 Å². The molecule has 1 saturated heterocycles. The van der Waals surface area contributed by atoms with E-state index in [1.165, 1.54) is 0 Å². The minimum atomic E-state index is 0.227. The van der Waals surface area contributed by atoms with E-state index in [0.29, 0.717) is 0 Å². The fraction of sp³-hybridized carbons (Fsp3) is 0.857. The molecule has 0 aromatic carbocycles. The molecular weight excluding hydrogens is 132 g/mol. The van der Waals surface area contributed by atoms with Gasteiger partial charge in [-0.25, -0.2) is 0 Å². The Hall–Kier alpha value is -0.410. The van der Waals surface area contributed by atoms with Crippen molar-refractivity contribution in [2.45, 2.75) is 18.9 Å². The monoisotopic (exact) mass is 144 g/mol. The third-order valence-electron chi connectivity index (χ3n) is 1.57. The first kappa shape index (κ1) is 7.69. The smallest absolute Gasteiger partial charge is 0.145 e. The minimum absolute atomic E-state index is 0.227. The topological polar surface area (TPSA) is 35.5 Å². The van der Waals surface area contributed by atoms with Gasteiger partial charge in [-0.15, -0.1) is 0 Å². The molecule has 0 radical (unpaired) electrons. The van der Waals surface area contributed by atoms with Crippen molar-refractivity contribution >= 4 is 6.29 Å². The maximum Gasteiger partial charge on any atom is 0.145 e. The van der Waals surface area contributed by atoms with Crippen molar-refractivity contribution in [1.29, 1.82) is 0 Å². The summed E-state index contributed by atoms with van der Waals surface area (Å²) < 4.78 is 10.3. The van der Waals surface area contributed by atoms with Crippen LogP contribution in [0, 0.1) is 0 Å². The van der Waals surface area contributed by atoms with Gasteiger partial charge in [0.15, 0.2) is 0 Å². The molecule has 10 heavy (non-hydrogen) atoms. The normalized spacial score (nSPS) is 20.8. The summed E-state index contributed by atoms with van der Waals surface area (Å²) in [5.41, 5.74) is 0. The summed E-state index contributed by atoms with van der Waals surface area (Å²) in [6.45, 7) is 1.76. The summed E-state index contributed by atoms with van der Waals surface area (Å²) in [4.78, 5) is 9.89. The third kappa shape index (κ3) is 2.45. The van der Waals surface area contributed by atoms with Gasteiger partial charge in [0.05, 0.1) is 6.10 Å². The summed E-state index contributed by atoms with van der Waals surface area (Å²) in [5.74, 6) is 0. The molecule has 0 spiro atoms. The minimum Gasteiger partial charge on any atom is -0.381 e. The van der Waals surface area contributed by atoms with Crippen LogP contribution in [0.5, 0.6) is 0 Å². The van der Waals surface area contributed by atoms with Gasteiger partial charge in [0.2, 0.25) is 0 Å². The van der Waals surface area contributed by atoms with Crippen molar-refractivity contribution in [3.05, 3.63) is 0 Å². The zero-order chi connectivity index (χ0) is 7.23. The van der Waals surface area contributed by atoms with Crippen LogP contribution in [0.15, 0.2) is 0 Å². The zero-order valence-electron chi connectivity index (χ0n) is 5.91. The van der Waals surface area contributed by atoms with Gasteiger partial charge < -0.3 is 14.3 Å². The van der Waals surface area contributed by atoms with E-state index in [0.717, 1.165) is 32.3 Å². The van der Waals surface area contributed by atoms with E-state index in [2.05, 4.69) is 0 Å². The first-order chi connectivity index (χ1) is 4.93. The number of hydrogen-bond acceptors (Lipinski definition) is 3. The van der Waals surface area contributed by atoms with Crippen molar-refractivity contribution in [1.82, 2.24) is 0 Å². The summed E-state index contributed by atoms with van der Waals surface area (Å²) in [5, 5.41) is 0. The molecule has 0 N–H and O–H groups in total. The number of aldehydes is 1. The Kier molecular flexibility index (Phi) is 3.40. The molecule has 0 saturated carbocycles. The van der Waals surface area contributed by atoms with Crippen LogP contribution in [-0.2, 0) is 14.3 Å². The Labute approximate surface area is 60.3 Å². The highest BCUT2D eigenvalue weighted by molar-refractivity contribution is 5.50. The van der Waals surface area contributed by atoms with Crippen molar-refractivity contribution in [2.75, 3.05) is 19.8 Å². The average Bonchev–Trinajstić information content (AvgIpc) is 2.03. The summed E-state index contributed by atoms with van der Waals surface area (Å²) in [6.07, 6.45) is 2.89. The number of rotatable bonds is 3. The van der Waals surface area contributed by atoms with Gasteiger partial charge in [0, 0.05) is 13.2 Å². The fourth-order valence-electron chi connectivity index (χ4n) is 1.02. The lowest BCUT2D eigenvalue weighted by molar-refractivity contribution is -0.116. The predicted molar refractivity (Wildman–Crippen MR) is 35.9 cm³/mol. The zero-order valence-corrected chi connectivity index (χ0v) is 5.91. The summed E-state index contributed by atoms with van der Waals surface area (Å²) in [7, 11) is 0. The molecule has 0 unspecified atom stereocenters. The SMILES string of the molecule is O=CCOC1CCOCC1. The molecule has 1 rings (SSSR count). The Morgan fingerprint density at radius 1 is 1.50 bits per heavy atom. The van der Waals surface area contributed by atoms with Crippen molar-refractivity contribution < 1.29 is 14.3 Å². The molecule has 0 bridgehead atoms. The molecule has 0 amide bonds. The Bertz CT molecular complexity index is 97.0. The molecule has 3 heteroatoms. The van der Waals surface area contributed by atoms with Crippen LogP contribution in [0.3, 0.4) is 0 Å². The summed E-state index contributed by atoms with van der Waals surface area (Å²) >= 11 is 0. The van der Waals surface area contributed by atoms with Crippen LogP contribution in [0.2, 0.25) is 0 Å². The van der Waals surface area contributed by atoms with Gasteiger partial charge in [-0.2, -0.15) is 0 Å². The Balaban J connectivity index is 2.07. The number of hydrogen-bond donors (Lipinski definition) is 0. The largest absolute Gasteiger partial charge is 0.381 e. The molecule has 58 valence electrons.